The molecular weight excluding hydrogens is 360 g/mol. The van der Waals surface area contributed by atoms with Crippen LogP contribution in [0.15, 0.2) is 38.6 Å². The molecule has 0 bridgehead atoms. The average molecular weight is 387 g/mol. The van der Waals surface area contributed by atoms with Crippen molar-refractivity contribution in [2.75, 3.05) is 0 Å². The van der Waals surface area contributed by atoms with E-state index in [-0.39, 0.29) is 11.5 Å². The Morgan fingerprint density at radius 1 is 1.15 bits per heavy atom. The predicted octanol–water partition coefficient (Wildman–Crippen LogP) is 4.78. The second kappa shape index (κ2) is 9.17. The van der Waals surface area contributed by atoms with E-state index in [1.807, 2.05) is 38.1 Å². The van der Waals surface area contributed by atoms with E-state index in [4.69, 9.17) is 9.40 Å². The number of nitrogens with zero attached hydrogens (tertiary/aromatic N) is 4. The minimum Gasteiger partial charge on any atom is -0.424 e. The molecule has 0 saturated heterocycles. The van der Waals surface area contributed by atoms with Crippen molar-refractivity contribution < 1.29 is 4.42 Å². The maximum Gasteiger partial charge on any atom is 0.262 e. The Kier molecular flexibility index (Phi) is 6.66. The van der Waals surface area contributed by atoms with E-state index in [0.717, 1.165) is 18.4 Å². The Morgan fingerprint density at radius 3 is 2.70 bits per heavy atom. The number of thioether (sulfide) groups is 1. The molecule has 27 heavy (non-hydrogen) atoms. The van der Waals surface area contributed by atoms with Crippen molar-refractivity contribution in [2.24, 2.45) is 0 Å². The normalized spacial score (nSPS) is 11.6. The van der Waals surface area contributed by atoms with Crippen LogP contribution in [0.4, 0.5) is 0 Å². The summed E-state index contributed by atoms with van der Waals surface area (Å²) < 4.78 is 7.47. The molecule has 3 rings (SSSR count). The van der Waals surface area contributed by atoms with Crippen LogP contribution in [0.25, 0.3) is 10.9 Å². The van der Waals surface area contributed by atoms with Crippen LogP contribution in [-0.2, 0) is 12.3 Å². The van der Waals surface area contributed by atoms with E-state index < -0.39 is 0 Å². The van der Waals surface area contributed by atoms with Crippen molar-refractivity contribution in [1.29, 1.82) is 0 Å². The van der Waals surface area contributed by atoms with Gasteiger partial charge in [-0.1, -0.05) is 63.9 Å². The summed E-state index contributed by atoms with van der Waals surface area (Å²) in [6, 6.07) is 7.51. The number of hydrogen-bond acceptors (Lipinski definition) is 6. The zero-order valence-corrected chi connectivity index (χ0v) is 17.0. The van der Waals surface area contributed by atoms with Gasteiger partial charge in [0.2, 0.25) is 11.8 Å². The highest BCUT2D eigenvalue weighted by atomic mass is 32.2. The highest BCUT2D eigenvalue weighted by Crippen LogP contribution is 2.23. The molecule has 3 aromatic rings. The lowest BCUT2D eigenvalue weighted by Crippen LogP contribution is -2.23. The van der Waals surface area contributed by atoms with Gasteiger partial charge in [-0.15, -0.1) is 10.2 Å². The fourth-order valence-electron chi connectivity index (χ4n) is 2.84. The minimum atomic E-state index is 0.0213. The van der Waals surface area contributed by atoms with Gasteiger partial charge in [0.25, 0.3) is 5.56 Å². The molecule has 6 nitrogen and oxygen atoms in total. The topological polar surface area (TPSA) is 73.8 Å². The van der Waals surface area contributed by atoms with Crippen molar-refractivity contribution in [3.63, 3.8) is 0 Å². The zero-order valence-electron chi connectivity index (χ0n) is 16.1. The lowest BCUT2D eigenvalue weighted by Gasteiger charge is -2.12. The number of aromatic nitrogens is 4. The molecule has 2 aromatic heterocycles. The van der Waals surface area contributed by atoms with Gasteiger partial charge in [0.05, 0.1) is 16.7 Å². The molecule has 2 heterocycles. The maximum absolute atomic E-state index is 13.0. The first-order valence-corrected chi connectivity index (χ1v) is 10.5. The van der Waals surface area contributed by atoms with Gasteiger partial charge in [0, 0.05) is 12.5 Å². The van der Waals surface area contributed by atoms with E-state index in [0.29, 0.717) is 34.6 Å². The summed E-state index contributed by atoms with van der Waals surface area (Å²) in [6.07, 6.45) is 4.43. The monoisotopic (exact) mass is 386 g/mol. The molecule has 0 N–H and O–H groups in total. The van der Waals surface area contributed by atoms with Gasteiger partial charge in [-0.2, -0.15) is 0 Å². The van der Waals surface area contributed by atoms with Crippen molar-refractivity contribution in [1.82, 2.24) is 19.7 Å². The molecule has 0 aliphatic heterocycles. The Bertz CT molecular complexity index is 949. The Hall–Kier alpha value is -2.15. The molecule has 0 fully saturated rings. The first-order chi connectivity index (χ1) is 13.1. The second-order valence-electron chi connectivity index (χ2n) is 6.91. The highest BCUT2D eigenvalue weighted by Gasteiger charge is 2.14. The van der Waals surface area contributed by atoms with E-state index in [1.54, 1.807) is 4.57 Å². The van der Waals surface area contributed by atoms with Gasteiger partial charge in [-0.3, -0.25) is 9.36 Å². The quantitative estimate of drug-likeness (QED) is 0.299. The van der Waals surface area contributed by atoms with Crippen LogP contribution in [0, 0.1) is 0 Å². The third-order valence-corrected chi connectivity index (χ3v) is 5.32. The van der Waals surface area contributed by atoms with Crippen molar-refractivity contribution in [3.05, 3.63) is 46.4 Å². The minimum absolute atomic E-state index is 0.0213. The molecule has 1 aromatic carbocycles. The molecule has 0 unspecified atom stereocenters. The van der Waals surface area contributed by atoms with Gasteiger partial charge in [-0.05, 0) is 18.6 Å². The maximum atomic E-state index is 13.0. The zero-order chi connectivity index (χ0) is 19.2. The van der Waals surface area contributed by atoms with Crippen LogP contribution in [0.1, 0.15) is 64.2 Å². The molecule has 0 aliphatic rings. The van der Waals surface area contributed by atoms with Crippen LogP contribution in [-0.4, -0.2) is 19.7 Å². The van der Waals surface area contributed by atoms with Gasteiger partial charge in [0.15, 0.2) is 5.16 Å². The van der Waals surface area contributed by atoms with Crippen molar-refractivity contribution >= 4 is 22.7 Å². The molecule has 0 radical (unpaired) electrons. The summed E-state index contributed by atoms with van der Waals surface area (Å²) in [4.78, 5) is 17.7. The first kappa shape index (κ1) is 19.6. The number of fused-ring (bicyclic) bond motifs is 1. The Balaban J connectivity index is 1.85. The highest BCUT2D eigenvalue weighted by molar-refractivity contribution is 7.98. The molecular formula is C20H26N4O2S. The summed E-state index contributed by atoms with van der Waals surface area (Å²) >= 11 is 1.47. The van der Waals surface area contributed by atoms with E-state index in [1.165, 1.54) is 24.6 Å². The summed E-state index contributed by atoms with van der Waals surface area (Å²) in [5.74, 6) is 1.89. The van der Waals surface area contributed by atoms with E-state index in [9.17, 15) is 4.79 Å². The number of benzene rings is 1. The molecule has 7 heteroatoms. The van der Waals surface area contributed by atoms with Crippen molar-refractivity contribution in [2.45, 2.75) is 69.8 Å². The SMILES string of the molecule is CCCCCCn1c(SCc2nnc(C(C)C)o2)nc2ccccc2c1=O. The number of para-hydroxylation sites is 1. The third-order valence-electron chi connectivity index (χ3n) is 4.36. The van der Waals surface area contributed by atoms with Gasteiger partial charge >= 0.3 is 0 Å². The summed E-state index contributed by atoms with van der Waals surface area (Å²) in [5, 5.41) is 9.54. The number of rotatable bonds is 9. The Labute approximate surface area is 163 Å². The fourth-order valence-corrected chi connectivity index (χ4v) is 3.70. The number of unbranched alkanes of at least 4 members (excludes halogenated alkanes) is 3. The molecule has 144 valence electrons. The van der Waals surface area contributed by atoms with E-state index in [2.05, 4.69) is 17.1 Å². The molecule has 0 saturated carbocycles. The molecule has 0 spiro atoms. The van der Waals surface area contributed by atoms with E-state index >= 15 is 0 Å². The molecule has 0 aliphatic carbocycles. The Morgan fingerprint density at radius 2 is 1.96 bits per heavy atom. The van der Waals surface area contributed by atoms with Gasteiger partial charge in [0.1, 0.15) is 0 Å². The van der Waals surface area contributed by atoms with Gasteiger partial charge < -0.3 is 4.42 Å². The van der Waals surface area contributed by atoms with Gasteiger partial charge in [-0.25, -0.2) is 4.98 Å². The smallest absolute Gasteiger partial charge is 0.262 e. The lowest BCUT2D eigenvalue weighted by molar-refractivity contribution is 0.445. The van der Waals surface area contributed by atoms with Crippen LogP contribution in [0.5, 0.6) is 0 Å². The largest absolute Gasteiger partial charge is 0.424 e. The first-order valence-electron chi connectivity index (χ1n) is 9.54. The summed E-state index contributed by atoms with van der Waals surface area (Å²) in [7, 11) is 0. The lowest BCUT2D eigenvalue weighted by atomic mass is 10.2. The van der Waals surface area contributed by atoms with Crippen LogP contribution in [0.2, 0.25) is 0 Å². The van der Waals surface area contributed by atoms with Crippen LogP contribution >= 0.6 is 11.8 Å². The summed E-state index contributed by atoms with van der Waals surface area (Å²) in [6.45, 7) is 6.90. The average Bonchev–Trinajstić information content (AvgIpc) is 3.14. The molecule has 0 amide bonds. The fraction of sp³-hybridized carbons (Fsp3) is 0.500. The molecule has 0 atom stereocenters. The summed E-state index contributed by atoms with van der Waals surface area (Å²) in [5.41, 5.74) is 0.746. The number of hydrogen-bond donors (Lipinski definition) is 0. The van der Waals surface area contributed by atoms with Crippen LogP contribution < -0.4 is 5.56 Å². The third kappa shape index (κ3) is 4.77. The predicted molar refractivity (Wildman–Crippen MR) is 108 cm³/mol. The second-order valence-corrected chi connectivity index (χ2v) is 7.85. The van der Waals surface area contributed by atoms with Crippen LogP contribution in [0.3, 0.4) is 0 Å². The standard InChI is InChI=1S/C20H26N4O2S/c1-4-5-6-9-12-24-19(25)15-10-7-8-11-16(15)21-20(24)27-13-17-22-23-18(26-17)14(2)3/h7-8,10-11,14H,4-6,9,12-13H2,1-3H3. The van der Waals surface area contributed by atoms with Crippen molar-refractivity contribution in [3.8, 4) is 0 Å².